The molecule has 0 N–H and O–H groups in total. The Bertz CT molecular complexity index is 1690. The molecule has 0 bridgehead atoms. The Morgan fingerprint density at radius 3 is 0.689 bits per heavy atom. The highest BCUT2D eigenvalue weighted by Crippen LogP contribution is 2.29. The first-order valence-corrected chi connectivity index (χ1v) is 18.7. The van der Waals surface area contributed by atoms with Crippen molar-refractivity contribution in [2.24, 2.45) is 5.41 Å². The number of hydrogen-bond acceptors (Lipinski definition) is 12. The summed E-state index contributed by atoms with van der Waals surface area (Å²) in [5.74, 6) is 0. The van der Waals surface area contributed by atoms with Gasteiger partial charge in [-0.1, -0.05) is 72.8 Å². The Hall–Kier alpha value is -3.48. The zero-order valence-corrected chi connectivity index (χ0v) is 26.7. The smallest absolute Gasteiger partial charge is 0.266 e. The van der Waals surface area contributed by atoms with Crippen LogP contribution < -0.4 is 0 Å². The van der Waals surface area contributed by atoms with Crippen molar-refractivity contribution < 1.29 is 50.4 Å². The van der Waals surface area contributed by atoms with Crippen molar-refractivity contribution in [1.82, 2.24) is 0 Å². The van der Waals surface area contributed by atoms with Gasteiger partial charge in [0, 0.05) is 0 Å². The molecule has 16 heteroatoms. The predicted molar refractivity (Wildman–Crippen MR) is 161 cm³/mol. The van der Waals surface area contributed by atoms with Gasteiger partial charge in [0.15, 0.2) is 0 Å². The molecule has 4 aromatic carbocycles. The Balaban J connectivity index is 1.73. The molecule has 0 saturated carbocycles. The molecule has 0 radical (unpaired) electrons. The van der Waals surface area contributed by atoms with Gasteiger partial charge in [-0.3, -0.25) is 16.7 Å². The molecule has 0 aliphatic carbocycles. The molecule has 0 spiro atoms. The van der Waals surface area contributed by atoms with Crippen LogP contribution in [0.2, 0.25) is 0 Å². The summed E-state index contributed by atoms with van der Waals surface area (Å²) in [6, 6.07) is 27.6. The number of rotatable bonds is 16. The van der Waals surface area contributed by atoms with Crippen molar-refractivity contribution in [3.63, 3.8) is 0 Å². The van der Waals surface area contributed by atoms with Crippen molar-refractivity contribution >= 4 is 40.5 Å². The first-order chi connectivity index (χ1) is 21.2. The van der Waals surface area contributed by atoms with E-state index in [0.717, 1.165) is 0 Å². The van der Waals surface area contributed by atoms with E-state index < -0.39 is 72.3 Å². The van der Waals surface area contributed by atoms with E-state index in [4.69, 9.17) is 16.7 Å². The lowest BCUT2D eigenvalue weighted by atomic mass is 9.93. The fourth-order valence-electron chi connectivity index (χ4n) is 3.68. The third-order valence-electron chi connectivity index (χ3n) is 6.21. The molecule has 0 fully saturated rings. The minimum atomic E-state index is -4.53. The summed E-state index contributed by atoms with van der Waals surface area (Å²) in [7, 11) is -18.1. The monoisotopic (exact) mass is 696 g/mol. The van der Waals surface area contributed by atoms with Gasteiger partial charge >= 0.3 is 0 Å². The molecule has 0 heterocycles. The highest BCUT2D eigenvalue weighted by Gasteiger charge is 2.40. The minimum absolute atomic E-state index is 0.271. The zero-order valence-electron chi connectivity index (χ0n) is 23.4. The molecule has 240 valence electrons. The summed E-state index contributed by atoms with van der Waals surface area (Å²) >= 11 is 0. The standard InChI is InChI=1S/C29H28O12S4/c30-42(31,25-13-5-1-6-14-25)38-21-29(22-39-43(32,33)26-15-7-2-8-16-26,23-40-44(34,35)27-17-9-3-10-18-27)24-41-45(36,37)28-19-11-4-12-20-28/h1-20H,21-24H2. The average Bonchev–Trinajstić information content (AvgIpc) is 3.06. The molecule has 4 rings (SSSR count). The lowest BCUT2D eigenvalue weighted by Gasteiger charge is -2.31. The Kier molecular flexibility index (Phi) is 10.9. The second-order valence-corrected chi connectivity index (χ2v) is 16.1. The van der Waals surface area contributed by atoms with Crippen LogP contribution >= 0.6 is 0 Å². The van der Waals surface area contributed by atoms with E-state index >= 15 is 0 Å². The van der Waals surface area contributed by atoms with Crippen LogP contribution in [0.5, 0.6) is 0 Å². The summed E-state index contributed by atoms with van der Waals surface area (Å²) in [4.78, 5) is -1.08. The first-order valence-electron chi connectivity index (χ1n) is 13.0. The fraction of sp³-hybridized carbons (Fsp3) is 0.172. The molecule has 0 amide bonds. The molecule has 0 aliphatic heterocycles. The van der Waals surface area contributed by atoms with Gasteiger partial charge < -0.3 is 0 Å². The van der Waals surface area contributed by atoms with Crippen LogP contribution in [0.25, 0.3) is 0 Å². The van der Waals surface area contributed by atoms with Crippen LogP contribution in [0.15, 0.2) is 141 Å². The minimum Gasteiger partial charge on any atom is -0.266 e. The SMILES string of the molecule is O=S(=O)(OCC(COS(=O)(=O)c1ccccc1)(COS(=O)(=O)c1ccccc1)COS(=O)(=O)c1ccccc1)c1ccccc1. The van der Waals surface area contributed by atoms with Gasteiger partial charge in [-0.2, -0.15) is 33.7 Å². The van der Waals surface area contributed by atoms with Crippen molar-refractivity contribution in [3.05, 3.63) is 121 Å². The molecule has 0 aliphatic rings. The Labute approximate surface area is 262 Å². The molecule has 0 unspecified atom stereocenters. The molecule has 45 heavy (non-hydrogen) atoms. The second kappa shape index (κ2) is 14.3. The predicted octanol–water partition coefficient (Wildman–Crippen LogP) is 3.59. The molecular weight excluding hydrogens is 669 g/mol. The maximum absolute atomic E-state index is 13.0. The quantitative estimate of drug-likeness (QED) is 0.156. The summed E-state index contributed by atoms with van der Waals surface area (Å²) < 4.78 is 125. The third kappa shape index (κ3) is 9.27. The van der Waals surface area contributed by atoms with E-state index in [2.05, 4.69) is 0 Å². The van der Waals surface area contributed by atoms with Gasteiger partial charge in [-0.05, 0) is 48.5 Å². The van der Waals surface area contributed by atoms with E-state index in [0.29, 0.717) is 0 Å². The van der Waals surface area contributed by atoms with Crippen LogP contribution in [-0.2, 0) is 57.2 Å². The van der Waals surface area contributed by atoms with E-state index in [1.807, 2.05) is 0 Å². The summed E-state index contributed by atoms with van der Waals surface area (Å²) in [6.07, 6.45) is 0. The second-order valence-electron chi connectivity index (χ2n) is 9.62. The molecule has 4 aromatic rings. The molecule has 0 saturated heterocycles. The van der Waals surface area contributed by atoms with Crippen molar-refractivity contribution in [3.8, 4) is 0 Å². The number of hydrogen-bond donors (Lipinski definition) is 0. The highest BCUT2D eigenvalue weighted by molar-refractivity contribution is 7.87. The van der Waals surface area contributed by atoms with E-state index in [9.17, 15) is 33.7 Å². The van der Waals surface area contributed by atoms with E-state index in [1.165, 1.54) is 97.1 Å². The maximum atomic E-state index is 13.0. The van der Waals surface area contributed by atoms with Crippen molar-refractivity contribution in [2.75, 3.05) is 26.4 Å². The number of benzene rings is 4. The van der Waals surface area contributed by atoms with Crippen LogP contribution in [0.3, 0.4) is 0 Å². The summed E-state index contributed by atoms with van der Waals surface area (Å²) in [5.41, 5.74) is -2.16. The van der Waals surface area contributed by atoms with Crippen LogP contribution in [0.4, 0.5) is 0 Å². The summed E-state index contributed by atoms with van der Waals surface area (Å²) in [6.45, 7) is -4.04. The van der Waals surface area contributed by atoms with Gasteiger partial charge in [-0.15, -0.1) is 0 Å². The van der Waals surface area contributed by atoms with E-state index in [1.54, 1.807) is 24.3 Å². The average molecular weight is 697 g/mol. The Morgan fingerprint density at radius 2 is 0.511 bits per heavy atom. The Morgan fingerprint density at radius 1 is 0.333 bits per heavy atom. The van der Waals surface area contributed by atoms with Crippen molar-refractivity contribution in [2.45, 2.75) is 19.6 Å². The molecule has 12 nitrogen and oxygen atoms in total. The van der Waals surface area contributed by atoms with Crippen molar-refractivity contribution in [1.29, 1.82) is 0 Å². The largest absolute Gasteiger partial charge is 0.296 e. The van der Waals surface area contributed by atoms with Gasteiger partial charge in [0.1, 0.15) is 0 Å². The van der Waals surface area contributed by atoms with E-state index in [-0.39, 0.29) is 19.6 Å². The normalized spacial score (nSPS) is 13.0. The maximum Gasteiger partial charge on any atom is 0.296 e. The summed E-state index contributed by atoms with van der Waals surface area (Å²) in [5, 5.41) is 0. The molecular formula is C29H28O12S4. The molecule has 0 aromatic heterocycles. The topological polar surface area (TPSA) is 173 Å². The van der Waals surface area contributed by atoms with Crippen LogP contribution in [0.1, 0.15) is 0 Å². The highest BCUT2D eigenvalue weighted by atomic mass is 32.2. The lowest BCUT2D eigenvalue weighted by molar-refractivity contribution is 0.00406. The van der Waals surface area contributed by atoms with Gasteiger partial charge in [0.25, 0.3) is 40.5 Å². The van der Waals surface area contributed by atoms with Gasteiger partial charge in [0.05, 0.1) is 51.4 Å². The lowest BCUT2D eigenvalue weighted by Crippen LogP contribution is -2.44. The first kappa shape index (κ1) is 34.4. The zero-order chi connectivity index (χ0) is 32.6. The van der Waals surface area contributed by atoms with Crippen LogP contribution in [0, 0.1) is 5.41 Å². The van der Waals surface area contributed by atoms with Gasteiger partial charge in [-0.25, -0.2) is 0 Å². The van der Waals surface area contributed by atoms with Crippen LogP contribution in [-0.4, -0.2) is 60.1 Å². The van der Waals surface area contributed by atoms with Gasteiger partial charge in [0.2, 0.25) is 0 Å². The fourth-order valence-corrected chi connectivity index (χ4v) is 7.81. The third-order valence-corrected chi connectivity index (χ3v) is 11.3. The molecule has 0 atom stereocenters.